The number of nitrogens with zero attached hydrogens (tertiary/aromatic N) is 4. The summed E-state index contributed by atoms with van der Waals surface area (Å²) in [5.41, 5.74) is 0.976. The Hall–Kier alpha value is -1.95. The lowest BCUT2D eigenvalue weighted by atomic mass is 10.0. The minimum Gasteiger partial charge on any atom is -0.494 e. The Balaban J connectivity index is 1.69. The van der Waals surface area contributed by atoms with Gasteiger partial charge in [0.15, 0.2) is 11.6 Å². The van der Waals surface area contributed by atoms with Gasteiger partial charge in [-0.15, -0.1) is 0 Å². The van der Waals surface area contributed by atoms with Gasteiger partial charge in [-0.3, -0.25) is 9.58 Å². The molecule has 0 spiro atoms. The van der Waals surface area contributed by atoms with E-state index in [4.69, 9.17) is 4.74 Å². The van der Waals surface area contributed by atoms with E-state index in [0.717, 1.165) is 31.6 Å². The number of hydrogen-bond donors (Lipinski definition) is 0. The molecule has 1 saturated heterocycles. The highest BCUT2D eigenvalue weighted by atomic mass is 19.1. The quantitative estimate of drug-likeness (QED) is 0.851. The van der Waals surface area contributed by atoms with Crippen molar-refractivity contribution in [3.05, 3.63) is 42.2 Å². The molecule has 0 N–H and O–H groups in total. The molecule has 5 nitrogen and oxygen atoms in total. The Morgan fingerprint density at radius 3 is 3.00 bits per heavy atom. The third-order valence-corrected chi connectivity index (χ3v) is 4.22. The molecule has 1 aliphatic heterocycles. The average Bonchev–Trinajstić information content (AvgIpc) is 3.02. The minimum absolute atomic E-state index is 0.293. The van der Waals surface area contributed by atoms with Crippen molar-refractivity contribution in [1.82, 2.24) is 19.7 Å². The Morgan fingerprint density at radius 1 is 1.36 bits per heavy atom. The summed E-state index contributed by atoms with van der Waals surface area (Å²) in [7, 11) is 1.48. The van der Waals surface area contributed by atoms with Crippen molar-refractivity contribution in [2.75, 3.05) is 13.7 Å². The summed E-state index contributed by atoms with van der Waals surface area (Å²) in [5, 5.41) is 4.19. The van der Waals surface area contributed by atoms with Crippen LogP contribution < -0.4 is 4.74 Å². The molecule has 1 aromatic heterocycles. The molecule has 3 rings (SSSR count). The van der Waals surface area contributed by atoms with Crippen LogP contribution in [-0.2, 0) is 13.1 Å². The van der Waals surface area contributed by atoms with Crippen LogP contribution in [0.25, 0.3) is 0 Å². The topological polar surface area (TPSA) is 43.2 Å². The molecule has 118 valence electrons. The number of methoxy groups -OCH3 is 1. The van der Waals surface area contributed by atoms with Gasteiger partial charge in [-0.05, 0) is 37.1 Å². The van der Waals surface area contributed by atoms with Gasteiger partial charge in [-0.2, -0.15) is 5.10 Å². The molecule has 1 fully saturated rings. The number of hydrogen-bond acceptors (Lipinski definition) is 4. The fraction of sp³-hybridized carbons (Fsp3) is 0.500. The largest absolute Gasteiger partial charge is 0.494 e. The van der Waals surface area contributed by atoms with Gasteiger partial charge in [-0.1, -0.05) is 12.5 Å². The first-order chi connectivity index (χ1) is 10.8. The zero-order chi connectivity index (χ0) is 15.4. The molecule has 1 aromatic carbocycles. The predicted molar refractivity (Wildman–Crippen MR) is 81.0 cm³/mol. The molecule has 0 aliphatic carbocycles. The lowest BCUT2D eigenvalue weighted by Gasteiger charge is -2.35. The van der Waals surface area contributed by atoms with Crippen LogP contribution in [0, 0.1) is 5.82 Å². The monoisotopic (exact) mass is 304 g/mol. The van der Waals surface area contributed by atoms with Gasteiger partial charge in [0.25, 0.3) is 0 Å². The molecule has 0 amide bonds. The first kappa shape index (κ1) is 15.0. The molecule has 2 aromatic rings. The Labute approximate surface area is 129 Å². The van der Waals surface area contributed by atoms with Gasteiger partial charge in [0.1, 0.15) is 12.7 Å². The summed E-state index contributed by atoms with van der Waals surface area (Å²) < 4.78 is 20.7. The molecule has 0 saturated carbocycles. The Morgan fingerprint density at radius 2 is 2.27 bits per heavy atom. The highest BCUT2D eigenvalue weighted by Crippen LogP contribution is 2.23. The van der Waals surface area contributed by atoms with Crippen LogP contribution in [0.15, 0.2) is 30.9 Å². The second-order valence-electron chi connectivity index (χ2n) is 5.71. The van der Waals surface area contributed by atoms with E-state index in [0.29, 0.717) is 11.8 Å². The smallest absolute Gasteiger partial charge is 0.165 e. The van der Waals surface area contributed by atoms with Gasteiger partial charge < -0.3 is 4.74 Å². The van der Waals surface area contributed by atoms with Gasteiger partial charge in [0.05, 0.1) is 13.7 Å². The fourth-order valence-corrected chi connectivity index (χ4v) is 3.06. The maximum absolute atomic E-state index is 13.8. The number of likely N-dealkylation sites (tertiary alicyclic amines) is 1. The first-order valence-electron chi connectivity index (χ1n) is 7.65. The van der Waals surface area contributed by atoms with Crippen LogP contribution in [0.2, 0.25) is 0 Å². The summed E-state index contributed by atoms with van der Waals surface area (Å²) in [6.07, 6.45) is 6.86. The number of halogens is 1. The van der Waals surface area contributed by atoms with E-state index in [1.54, 1.807) is 24.8 Å². The molecule has 6 heteroatoms. The zero-order valence-electron chi connectivity index (χ0n) is 12.8. The lowest BCUT2D eigenvalue weighted by Crippen LogP contribution is -2.41. The van der Waals surface area contributed by atoms with E-state index in [1.165, 1.54) is 20.0 Å². The maximum atomic E-state index is 13.8. The average molecular weight is 304 g/mol. The molecule has 0 unspecified atom stereocenters. The first-order valence-corrected chi connectivity index (χ1v) is 7.65. The van der Waals surface area contributed by atoms with E-state index < -0.39 is 0 Å². The van der Waals surface area contributed by atoms with Crippen LogP contribution in [0.5, 0.6) is 5.75 Å². The Kier molecular flexibility index (Phi) is 4.68. The summed E-state index contributed by atoms with van der Waals surface area (Å²) in [6.45, 7) is 2.62. The van der Waals surface area contributed by atoms with E-state index in [1.807, 2.05) is 10.7 Å². The van der Waals surface area contributed by atoms with Crippen molar-refractivity contribution in [2.24, 2.45) is 0 Å². The van der Waals surface area contributed by atoms with Crippen molar-refractivity contribution < 1.29 is 9.13 Å². The van der Waals surface area contributed by atoms with Crippen molar-refractivity contribution in [2.45, 2.75) is 38.4 Å². The lowest BCUT2D eigenvalue weighted by molar-refractivity contribution is 0.121. The second kappa shape index (κ2) is 6.87. The van der Waals surface area contributed by atoms with Gasteiger partial charge in [0.2, 0.25) is 0 Å². The van der Waals surface area contributed by atoms with Crippen LogP contribution in [0.4, 0.5) is 4.39 Å². The van der Waals surface area contributed by atoms with Crippen LogP contribution >= 0.6 is 0 Å². The second-order valence-corrected chi connectivity index (χ2v) is 5.71. The molecule has 1 atom stereocenters. The molecule has 22 heavy (non-hydrogen) atoms. The molecular formula is C16H21FN4O. The number of aromatic nitrogens is 3. The van der Waals surface area contributed by atoms with E-state index in [2.05, 4.69) is 15.0 Å². The third kappa shape index (κ3) is 3.44. The Bertz CT molecular complexity index is 602. The van der Waals surface area contributed by atoms with Crippen molar-refractivity contribution in [1.29, 1.82) is 0 Å². The number of ether oxygens (including phenoxy) is 1. The van der Waals surface area contributed by atoms with Gasteiger partial charge >= 0.3 is 0 Å². The SMILES string of the molecule is COc1ccc(CN2CCCC[C@H]2Cn2cncn2)cc1F. The van der Waals surface area contributed by atoms with Crippen molar-refractivity contribution in [3.63, 3.8) is 0 Å². The fourth-order valence-electron chi connectivity index (χ4n) is 3.06. The molecule has 1 aliphatic rings. The third-order valence-electron chi connectivity index (χ3n) is 4.22. The zero-order valence-corrected chi connectivity index (χ0v) is 12.8. The number of benzene rings is 1. The summed E-state index contributed by atoms with van der Waals surface area (Å²) in [5.74, 6) is -0.00797. The van der Waals surface area contributed by atoms with Crippen LogP contribution in [0.1, 0.15) is 24.8 Å². The van der Waals surface area contributed by atoms with Crippen LogP contribution in [0.3, 0.4) is 0 Å². The number of rotatable bonds is 5. The summed E-state index contributed by atoms with van der Waals surface area (Å²) in [6, 6.07) is 5.62. The van der Waals surface area contributed by atoms with Crippen LogP contribution in [-0.4, -0.2) is 39.4 Å². The molecular weight excluding hydrogens is 283 g/mol. The molecule has 2 heterocycles. The standard InChI is InChI=1S/C16H21FN4O/c1-22-16-6-5-13(8-15(16)17)9-20-7-3-2-4-14(20)10-21-12-18-11-19-21/h5-6,8,11-12,14H,2-4,7,9-10H2,1H3/t14-/m0/s1. The van der Waals surface area contributed by atoms with Crippen molar-refractivity contribution >= 4 is 0 Å². The predicted octanol–water partition coefficient (Wildman–Crippen LogP) is 2.48. The van der Waals surface area contributed by atoms with E-state index in [-0.39, 0.29) is 5.82 Å². The minimum atomic E-state index is -0.301. The molecule has 0 bridgehead atoms. The van der Waals surface area contributed by atoms with Crippen molar-refractivity contribution in [3.8, 4) is 5.75 Å². The summed E-state index contributed by atoms with van der Waals surface area (Å²) in [4.78, 5) is 6.41. The summed E-state index contributed by atoms with van der Waals surface area (Å²) >= 11 is 0. The maximum Gasteiger partial charge on any atom is 0.165 e. The van der Waals surface area contributed by atoms with Gasteiger partial charge in [-0.25, -0.2) is 9.37 Å². The normalized spacial score (nSPS) is 19.3. The molecule has 0 radical (unpaired) electrons. The van der Waals surface area contributed by atoms with E-state index >= 15 is 0 Å². The van der Waals surface area contributed by atoms with E-state index in [9.17, 15) is 4.39 Å². The van der Waals surface area contributed by atoms with Gasteiger partial charge in [0, 0.05) is 12.6 Å². The number of piperidine rings is 1. The highest BCUT2D eigenvalue weighted by molar-refractivity contribution is 5.29. The highest BCUT2D eigenvalue weighted by Gasteiger charge is 2.23.